The molecule has 1 saturated heterocycles. The van der Waals surface area contributed by atoms with Gasteiger partial charge in [0.2, 0.25) is 0 Å². The SMILES string of the molecule is CN=C1NSNC(=NC)C1=C(C#N)C#N. The minimum Gasteiger partial charge on any atom is -0.296 e. The second kappa shape index (κ2) is 5.03. The highest BCUT2D eigenvalue weighted by Crippen LogP contribution is 2.13. The standard InChI is InChI=1S/C8H8N6S/c1-11-7-6(5(3-9)4-10)8(12-2)14-15-13-7/h1-2H3,(H,11,13)(H,12,14). The van der Waals surface area contributed by atoms with Crippen molar-refractivity contribution in [2.75, 3.05) is 14.1 Å². The molecule has 1 heterocycles. The molecule has 6 nitrogen and oxygen atoms in total. The van der Waals surface area contributed by atoms with Crippen LogP contribution in [0.2, 0.25) is 0 Å². The first-order valence-electron chi connectivity index (χ1n) is 3.95. The first-order chi connectivity index (χ1) is 7.28. The molecular weight excluding hydrogens is 212 g/mol. The summed E-state index contributed by atoms with van der Waals surface area (Å²) in [5, 5.41) is 17.6. The summed E-state index contributed by atoms with van der Waals surface area (Å²) >= 11 is 1.19. The quantitative estimate of drug-likeness (QED) is 0.447. The molecule has 2 N–H and O–H groups in total. The molecule has 0 aromatic carbocycles. The van der Waals surface area contributed by atoms with Gasteiger partial charge in [-0.25, -0.2) is 0 Å². The van der Waals surface area contributed by atoms with Crippen LogP contribution in [0, 0.1) is 22.7 Å². The Balaban J connectivity index is 3.37. The monoisotopic (exact) mass is 220 g/mol. The van der Waals surface area contributed by atoms with Gasteiger partial charge in [-0.05, 0) is 0 Å². The molecule has 0 atom stereocenters. The molecule has 0 aromatic heterocycles. The zero-order chi connectivity index (χ0) is 11.3. The van der Waals surface area contributed by atoms with Crippen molar-refractivity contribution in [3.05, 3.63) is 11.1 Å². The third-order valence-electron chi connectivity index (χ3n) is 1.69. The summed E-state index contributed by atoms with van der Waals surface area (Å²) in [6.45, 7) is 0. The molecule has 0 saturated carbocycles. The average Bonchev–Trinajstić information content (AvgIpc) is 2.30. The van der Waals surface area contributed by atoms with Crippen molar-refractivity contribution in [1.29, 1.82) is 10.5 Å². The maximum absolute atomic E-state index is 8.80. The van der Waals surface area contributed by atoms with E-state index in [0.29, 0.717) is 17.2 Å². The van der Waals surface area contributed by atoms with E-state index in [4.69, 9.17) is 10.5 Å². The number of nitrogens with one attached hydrogen (secondary N) is 2. The first-order valence-corrected chi connectivity index (χ1v) is 4.76. The van der Waals surface area contributed by atoms with Crippen LogP contribution in [0.25, 0.3) is 0 Å². The number of hydrogen-bond donors (Lipinski definition) is 2. The van der Waals surface area contributed by atoms with Crippen LogP contribution in [0.15, 0.2) is 21.1 Å². The minimum atomic E-state index is -0.0171. The van der Waals surface area contributed by atoms with Crippen LogP contribution in [-0.4, -0.2) is 25.8 Å². The van der Waals surface area contributed by atoms with Crippen molar-refractivity contribution in [1.82, 2.24) is 9.44 Å². The molecule has 0 bridgehead atoms. The van der Waals surface area contributed by atoms with E-state index >= 15 is 0 Å². The van der Waals surface area contributed by atoms with Crippen LogP contribution in [0.4, 0.5) is 0 Å². The topological polar surface area (TPSA) is 96.4 Å². The van der Waals surface area contributed by atoms with Gasteiger partial charge in [-0.2, -0.15) is 10.5 Å². The summed E-state index contributed by atoms with van der Waals surface area (Å²) in [6, 6.07) is 3.64. The van der Waals surface area contributed by atoms with Gasteiger partial charge in [0.05, 0.1) is 17.7 Å². The molecule has 7 heteroatoms. The van der Waals surface area contributed by atoms with Crippen LogP contribution >= 0.6 is 12.1 Å². The zero-order valence-corrected chi connectivity index (χ0v) is 9.01. The smallest absolute Gasteiger partial charge is 0.145 e. The molecular formula is C8H8N6S. The third kappa shape index (κ3) is 2.09. The summed E-state index contributed by atoms with van der Waals surface area (Å²) in [5.74, 6) is 0.940. The van der Waals surface area contributed by atoms with Crippen LogP contribution in [0.3, 0.4) is 0 Å². The van der Waals surface area contributed by atoms with E-state index in [1.165, 1.54) is 12.1 Å². The number of amidine groups is 2. The maximum atomic E-state index is 8.80. The van der Waals surface area contributed by atoms with Gasteiger partial charge in [0.15, 0.2) is 0 Å². The third-order valence-corrected chi connectivity index (χ3v) is 2.28. The van der Waals surface area contributed by atoms with Crippen molar-refractivity contribution in [3.63, 3.8) is 0 Å². The number of aliphatic imine (C=N–C) groups is 2. The molecule has 76 valence electrons. The Labute approximate surface area is 91.7 Å². The summed E-state index contributed by atoms with van der Waals surface area (Å²) in [6.07, 6.45) is 0. The molecule has 0 aliphatic carbocycles. The van der Waals surface area contributed by atoms with Crippen molar-refractivity contribution >= 4 is 23.8 Å². The molecule has 0 amide bonds. The van der Waals surface area contributed by atoms with Gasteiger partial charge in [0.1, 0.15) is 29.4 Å². The molecule has 15 heavy (non-hydrogen) atoms. The largest absolute Gasteiger partial charge is 0.296 e. The van der Waals surface area contributed by atoms with E-state index in [1.54, 1.807) is 14.1 Å². The van der Waals surface area contributed by atoms with Gasteiger partial charge in [-0.1, -0.05) is 0 Å². The van der Waals surface area contributed by atoms with Crippen LogP contribution in [0.1, 0.15) is 0 Å². The molecule has 1 rings (SSSR count). The van der Waals surface area contributed by atoms with E-state index < -0.39 is 0 Å². The van der Waals surface area contributed by atoms with Gasteiger partial charge < -0.3 is 0 Å². The van der Waals surface area contributed by atoms with Gasteiger partial charge >= 0.3 is 0 Å². The Bertz CT molecular complexity index is 395. The highest BCUT2D eigenvalue weighted by atomic mass is 32.2. The van der Waals surface area contributed by atoms with Crippen LogP contribution in [0.5, 0.6) is 0 Å². The van der Waals surface area contributed by atoms with Gasteiger partial charge in [0, 0.05) is 14.1 Å². The predicted molar refractivity (Wildman–Crippen MR) is 58.8 cm³/mol. The summed E-state index contributed by atoms with van der Waals surface area (Å²) < 4.78 is 5.69. The number of rotatable bonds is 0. The number of allylic oxidation sites excluding steroid dienone is 1. The number of hydrogen-bond acceptors (Lipinski definition) is 5. The van der Waals surface area contributed by atoms with Crippen molar-refractivity contribution in [2.45, 2.75) is 0 Å². The van der Waals surface area contributed by atoms with E-state index in [9.17, 15) is 0 Å². The lowest BCUT2D eigenvalue weighted by Gasteiger charge is -2.20. The average molecular weight is 220 g/mol. The Kier molecular flexibility index (Phi) is 3.72. The predicted octanol–water partition coefficient (Wildman–Crippen LogP) is 0.143. The molecule has 0 aromatic rings. The fourth-order valence-corrected chi connectivity index (χ4v) is 1.66. The minimum absolute atomic E-state index is 0.0171. The van der Waals surface area contributed by atoms with Gasteiger partial charge in [-0.15, -0.1) is 0 Å². The number of nitrogens with zero attached hydrogens (tertiary/aromatic N) is 4. The Morgan fingerprint density at radius 1 is 1.13 bits per heavy atom. The van der Waals surface area contributed by atoms with Crippen molar-refractivity contribution in [2.24, 2.45) is 9.98 Å². The van der Waals surface area contributed by atoms with Gasteiger partial charge in [0.25, 0.3) is 0 Å². The number of nitriles is 2. The summed E-state index contributed by atoms with van der Waals surface area (Å²) in [5.41, 5.74) is 0.389. The Hall–Kier alpha value is -1.99. The fraction of sp³-hybridized carbons (Fsp3) is 0.250. The second-order valence-corrected chi connectivity index (χ2v) is 3.04. The maximum Gasteiger partial charge on any atom is 0.145 e. The highest BCUT2D eigenvalue weighted by molar-refractivity contribution is 7.96. The summed E-state index contributed by atoms with van der Waals surface area (Å²) in [4.78, 5) is 7.90. The normalized spacial score (nSPS) is 20.1. The molecule has 0 unspecified atom stereocenters. The Morgan fingerprint density at radius 2 is 1.60 bits per heavy atom. The lowest BCUT2D eigenvalue weighted by Crippen LogP contribution is -2.39. The van der Waals surface area contributed by atoms with E-state index in [2.05, 4.69) is 19.4 Å². The van der Waals surface area contributed by atoms with Gasteiger partial charge in [-0.3, -0.25) is 19.4 Å². The van der Waals surface area contributed by atoms with Crippen molar-refractivity contribution in [3.8, 4) is 12.1 Å². The van der Waals surface area contributed by atoms with E-state index in [0.717, 1.165) is 0 Å². The molecule has 1 fully saturated rings. The lowest BCUT2D eigenvalue weighted by atomic mass is 10.1. The molecule has 1 aliphatic heterocycles. The van der Waals surface area contributed by atoms with Crippen LogP contribution in [-0.2, 0) is 0 Å². The second-order valence-electron chi connectivity index (χ2n) is 2.42. The molecule has 0 spiro atoms. The van der Waals surface area contributed by atoms with E-state index in [1.807, 2.05) is 12.1 Å². The van der Waals surface area contributed by atoms with Crippen molar-refractivity contribution < 1.29 is 0 Å². The zero-order valence-electron chi connectivity index (χ0n) is 8.20. The van der Waals surface area contributed by atoms with E-state index in [-0.39, 0.29) is 5.57 Å². The molecule has 0 radical (unpaired) electrons. The fourth-order valence-electron chi connectivity index (χ4n) is 1.02. The Morgan fingerprint density at radius 3 is 1.93 bits per heavy atom. The molecule has 1 aliphatic rings. The lowest BCUT2D eigenvalue weighted by molar-refractivity contribution is 1.26. The first kappa shape index (κ1) is 11.1. The van der Waals surface area contributed by atoms with Crippen LogP contribution < -0.4 is 9.44 Å². The summed E-state index contributed by atoms with van der Waals surface area (Å²) in [7, 11) is 3.15. The highest BCUT2D eigenvalue weighted by Gasteiger charge is 2.23.